The van der Waals surface area contributed by atoms with E-state index in [1.807, 2.05) is 36.9 Å². The minimum absolute atomic E-state index is 0.0946. The molecule has 1 aromatic carbocycles. The number of likely N-dealkylation sites (tertiary alicyclic amines) is 1. The number of benzene rings is 1. The molecule has 1 saturated heterocycles. The van der Waals surface area contributed by atoms with Gasteiger partial charge in [-0.3, -0.25) is 4.79 Å². The van der Waals surface area contributed by atoms with Crippen LogP contribution in [0.4, 0.5) is 0 Å². The highest BCUT2D eigenvalue weighted by Gasteiger charge is 2.29. The lowest BCUT2D eigenvalue weighted by Gasteiger charge is -2.31. The number of hydrogen-bond acceptors (Lipinski definition) is 7. The minimum atomic E-state index is 0.0946. The van der Waals surface area contributed by atoms with Crippen LogP contribution < -0.4 is 0 Å². The summed E-state index contributed by atoms with van der Waals surface area (Å²) in [6, 6.07) is 12.0. The SMILES string of the molecule is Cc1nc(-c2ccco2)nc2sc(C(=O)N3CCC(c4nc5ccccc5s4)CC3)c(C)c12. The number of hydrogen-bond donors (Lipinski definition) is 0. The van der Waals surface area contributed by atoms with E-state index < -0.39 is 0 Å². The number of piperidine rings is 1. The van der Waals surface area contributed by atoms with Crippen molar-refractivity contribution in [2.45, 2.75) is 32.6 Å². The first-order valence-electron chi connectivity index (χ1n) is 11.0. The molecular weight excluding hydrogens is 452 g/mol. The molecule has 33 heavy (non-hydrogen) atoms. The normalized spacial score (nSPS) is 15.0. The van der Waals surface area contributed by atoms with Crippen LogP contribution in [-0.4, -0.2) is 38.8 Å². The third-order valence-electron chi connectivity index (χ3n) is 6.35. The number of amides is 1. The number of nitrogens with zero attached hydrogens (tertiary/aromatic N) is 4. The van der Waals surface area contributed by atoms with Gasteiger partial charge in [-0.2, -0.15) is 0 Å². The summed E-state index contributed by atoms with van der Waals surface area (Å²) in [5, 5.41) is 2.17. The molecule has 1 amide bonds. The summed E-state index contributed by atoms with van der Waals surface area (Å²) in [5.41, 5.74) is 2.91. The molecule has 0 saturated carbocycles. The summed E-state index contributed by atoms with van der Waals surface area (Å²) in [4.78, 5) is 31.2. The zero-order chi connectivity index (χ0) is 22.5. The molecule has 0 unspecified atom stereocenters. The van der Waals surface area contributed by atoms with Gasteiger partial charge in [-0.15, -0.1) is 22.7 Å². The number of rotatable bonds is 3. The zero-order valence-corrected chi connectivity index (χ0v) is 20.0. The fraction of sp³-hybridized carbons (Fsp3) is 0.280. The van der Waals surface area contributed by atoms with Gasteiger partial charge in [0.15, 0.2) is 11.6 Å². The van der Waals surface area contributed by atoms with Gasteiger partial charge in [-0.1, -0.05) is 12.1 Å². The number of furan rings is 1. The van der Waals surface area contributed by atoms with Crippen molar-refractivity contribution in [3.63, 3.8) is 0 Å². The second kappa shape index (κ2) is 8.04. The van der Waals surface area contributed by atoms with E-state index in [-0.39, 0.29) is 5.91 Å². The highest BCUT2D eigenvalue weighted by Crippen LogP contribution is 2.37. The van der Waals surface area contributed by atoms with Crippen LogP contribution in [0.25, 0.3) is 32.0 Å². The van der Waals surface area contributed by atoms with Crippen LogP contribution in [0.3, 0.4) is 0 Å². The van der Waals surface area contributed by atoms with Crippen LogP contribution in [0.2, 0.25) is 0 Å². The van der Waals surface area contributed by atoms with Gasteiger partial charge in [0.05, 0.1) is 32.1 Å². The number of fused-ring (bicyclic) bond motifs is 2. The van der Waals surface area contributed by atoms with Crippen molar-refractivity contribution >= 4 is 49.0 Å². The first-order valence-corrected chi connectivity index (χ1v) is 12.7. The predicted octanol–water partition coefficient (Wildman–Crippen LogP) is 6.20. The van der Waals surface area contributed by atoms with Crippen molar-refractivity contribution in [1.82, 2.24) is 19.9 Å². The Morgan fingerprint density at radius 1 is 1.03 bits per heavy atom. The molecule has 5 aromatic rings. The van der Waals surface area contributed by atoms with E-state index in [1.54, 1.807) is 17.6 Å². The summed E-state index contributed by atoms with van der Waals surface area (Å²) < 4.78 is 6.70. The summed E-state index contributed by atoms with van der Waals surface area (Å²) in [6.07, 6.45) is 3.50. The maximum atomic E-state index is 13.5. The van der Waals surface area contributed by atoms with Gasteiger partial charge in [0.25, 0.3) is 5.91 Å². The molecule has 0 bridgehead atoms. The van der Waals surface area contributed by atoms with E-state index in [1.165, 1.54) is 21.0 Å². The molecule has 0 spiro atoms. The number of thiophene rings is 1. The molecular formula is C25H22N4O2S2. The molecule has 0 radical (unpaired) electrons. The topological polar surface area (TPSA) is 72.1 Å². The molecule has 166 valence electrons. The maximum Gasteiger partial charge on any atom is 0.264 e. The zero-order valence-electron chi connectivity index (χ0n) is 18.4. The van der Waals surface area contributed by atoms with E-state index in [2.05, 4.69) is 23.2 Å². The first kappa shape index (κ1) is 20.5. The Balaban J connectivity index is 1.24. The van der Waals surface area contributed by atoms with Gasteiger partial charge >= 0.3 is 0 Å². The summed E-state index contributed by atoms with van der Waals surface area (Å²) in [7, 11) is 0. The lowest BCUT2D eigenvalue weighted by atomic mass is 9.97. The lowest BCUT2D eigenvalue weighted by molar-refractivity contribution is 0.0717. The monoisotopic (exact) mass is 474 g/mol. The van der Waals surface area contributed by atoms with Crippen LogP contribution in [0.15, 0.2) is 47.1 Å². The predicted molar refractivity (Wildman–Crippen MR) is 132 cm³/mol. The second-order valence-corrected chi connectivity index (χ2v) is 10.5. The molecule has 1 aliphatic rings. The largest absolute Gasteiger partial charge is 0.461 e. The highest BCUT2D eigenvalue weighted by molar-refractivity contribution is 7.20. The fourth-order valence-corrected chi connectivity index (χ4v) is 6.93. The van der Waals surface area contributed by atoms with Gasteiger partial charge in [-0.25, -0.2) is 15.0 Å². The molecule has 4 aromatic heterocycles. The minimum Gasteiger partial charge on any atom is -0.461 e. The van der Waals surface area contributed by atoms with Crippen molar-refractivity contribution in [3.05, 3.63) is 63.8 Å². The Bertz CT molecular complexity index is 1440. The Kier molecular flexibility index (Phi) is 4.99. The smallest absolute Gasteiger partial charge is 0.264 e. The van der Waals surface area contributed by atoms with E-state index in [4.69, 9.17) is 14.4 Å². The van der Waals surface area contributed by atoms with Crippen LogP contribution in [0.5, 0.6) is 0 Å². The summed E-state index contributed by atoms with van der Waals surface area (Å²) in [5.74, 6) is 1.70. The molecule has 0 aliphatic carbocycles. The van der Waals surface area contributed by atoms with Gasteiger partial charge in [0.2, 0.25) is 0 Å². The van der Waals surface area contributed by atoms with Crippen LogP contribution >= 0.6 is 22.7 Å². The molecule has 6 nitrogen and oxygen atoms in total. The van der Waals surface area contributed by atoms with E-state index >= 15 is 0 Å². The van der Waals surface area contributed by atoms with Crippen molar-refractivity contribution in [1.29, 1.82) is 0 Å². The fourth-order valence-electron chi connectivity index (χ4n) is 4.60. The number of aromatic nitrogens is 3. The van der Waals surface area contributed by atoms with Gasteiger partial charge in [0.1, 0.15) is 4.83 Å². The van der Waals surface area contributed by atoms with Crippen LogP contribution in [0.1, 0.15) is 44.7 Å². The molecule has 0 atom stereocenters. The maximum absolute atomic E-state index is 13.5. The quantitative estimate of drug-likeness (QED) is 0.311. The molecule has 8 heteroatoms. The molecule has 1 aliphatic heterocycles. The van der Waals surface area contributed by atoms with E-state index in [9.17, 15) is 4.79 Å². The third-order valence-corrected chi connectivity index (χ3v) is 8.72. The number of carbonyl (C=O) groups excluding carboxylic acids is 1. The van der Waals surface area contributed by atoms with Crippen molar-refractivity contribution in [2.75, 3.05) is 13.1 Å². The average molecular weight is 475 g/mol. The van der Waals surface area contributed by atoms with Gasteiger partial charge < -0.3 is 9.32 Å². The Labute approximate surface area is 198 Å². The van der Waals surface area contributed by atoms with Gasteiger partial charge in [0, 0.05) is 24.4 Å². The molecule has 1 fully saturated rings. The molecule has 5 heterocycles. The van der Waals surface area contributed by atoms with Crippen LogP contribution in [0, 0.1) is 13.8 Å². The van der Waals surface area contributed by atoms with Crippen molar-refractivity contribution in [2.24, 2.45) is 0 Å². The van der Waals surface area contributed by atoms with Crippen molar-refractivity contribution in [3.8, 4) is 11.6 Å². The van der Waals surface area contributed by atoms with Gasteiger partial charge in [-0.05, 0) is 56.5 Å². The number of para-hydroxylation sites is 1. The molecule has 0 N–H and O–H groups in total. The summed E-state index contributed by atoms with van der Waals surface area (Å²) in [6.45, 7) is 5.46. The third kappa shape index (κ3) is 3.54. The Morgan fingerprint density at radius 2 is 1.85 bits per heavy atom. The summed E-state index contributed by atoms with van der Waals surface area (Å²) >= 11 is 3.24. The second-order valence-electron chi connectivity index (χ2n) is 8.43. The number of carbonyl (C=O) groups is 1. The molecule has 6 rings (SSSR count). The van der Waals surface area contributed by atoms with Crippen LogP contribution in [-0.2, 0) is 0 Å². The first-order chi connectivity index (χ1) is 16.1. The number of thiazole rings is 1. The standard InChI is InChI=1S/C25H22N4O2S2/c1-14-20-15(2)26-22(18-7-5-13-31-18)28-24(20)33-21(14)25(30)29-11-9-16(10-12-29)23-27-17-6-3-4-8-19(17)32-23/h3-8,13,16H,9-12H2,1-2H3. The Hall–Kier alpha value is -3.10. The van der Waals surface area contributed by atoms with Crippen molar-refractivity contribution < 1.29 is 9.21 Å². The van der Waals surface area contributed by atoms with E-state index in [0.717, 1.165) is 57.8 Å². The van der Waals surface area contributed by atoms with E-state index in [0.29, 0.717) is 17.5 Å². The average Bonchev–Trinajstić information content (AvgIpc) is 3.57. The lowest BCUT2D eigenvalue weighted by Crippen LogP contribution is -2.37. The highest BCUT2D eigenvalue weighted by atomic mass is 32.1. The Morgan fingerprint density at radius 3 is 2.61 bits per heavy atom. The number of aryl methyl sites for hydroxylation is 2.